The van der Waals surface area contributed by atoms with Crippen LogP contribution in [0.3, 0.4) is 0 Å². The molecule has 0 unspecified atom stereocenters. The van der Waals surface area contributed by atoms with E-state index >= 15 is 0 Å². The third-order valence-corrected chi connectivity index (χ3v) is 1.05. The fourth-order valence-electron chi connectivity index (χ4n) is 0.541. The van der Waals surface area contributed by atoms with E-state index in [0.29, 0.717) is 0 Å². The van der Waals surface area contributed by atoms with Crippen LogP contribution in [0.5, 0.6) is 0 Å². The zero-order chi connectivity index (χ0) is 10.6. The second-order valence-electron chi connectivity index (χ2n) is 2.05. The summed E-state index contributed by atoms with van der Waals surface area (Å²) >= 11 is 0. The summed E-state index contributed by atoms with van der Waals surface area (Å²) < 4.78 is 0. The van der Waals surface area contributed by atoms with E-state index in [-0.39, 0.29) is 25.8 Å². The first-order valence-electron chi connectivity index (χ1n) is 3.98. The topological polar surface area (TPSA) is 0 Å². The van der Waals surface area contributed by atoms with Crippen molar-refractivity contribution in [2.75, 3.05) is 0 Å². The van der Waals surface area contributed by atoms with E-state index in [9.17, 15) is 0 Å². The average Bonchev–Trinajstić information content (AvgIpc) is 3.09. The molecule has 3 aromatic carbocycles. The van der Waals surface area contributed by atoms with E-state index < -0.39 is 0 Å². The summed E-state index contributed by atoms with van der Waals surface area (Å²) in [6.07, 6.45) is 0. The van der Waals surface area contributed by atoms with Gasteiger partial charge in [0.05, 0.1) is 0 Å². The summed E-state index contributed by atoms with van der Waals surface area (Å²) in [6.45, 7) is 0. The van der Waals surface area contributed by atoms with Gasteiger partial charge in [-0.15, -0.1) is 0 Å². The van der Waals surface area contributed by atoms with Gasteiger partial charge in [-0.1, -0.05) is 0 Å². The minimum atomic E-state index is 0. The van der Waals surface area contributed by atoms with Crippen LogP contribution in [0, 0.1) is 72.8 Å². The molecule has 0 aromatic heterocycles. The predicted octanol–water partition coefficient (Wildman–Crippen LogP) is 1.82. The van der Waals surface area contributed by atoms with Crippen molar-refractivity contribution in [3.05, 3.63) is 91.0 Å². The van der Waals surface area contributed by atoms with Crippen LogP contribution >= 0.6 is 0 Å². The number of rotatable bonds is 0. The van der Waals surface area contributed by atoms with Gasteiger partial charge >= 0.3 is 25.8 Å². The van der Waals surface area contributed by atoms with Gasteiger partial charge in [-0.25, -0.2) is 0 Å². The largest absolute Gasteiger partial charge is 3.00 e. The molecule has 3 aromatic rings. The second-order valence-corrected chi connectivity index (χ2v) is 2.05. The smallest absolute Gasteiger partial charge is 0.999 e. The van der Waals surface area contributed by atoms with E-state index in [0.717, 1.165) is 0 Å². The molecule has 0 saturated carbocycles. The summed E-state index contributed by atoms with van der Waals surface area (Å²) in [6, 6.07) is 36.0. The van der Waals surface area contributed by atoms with Crippen LogP contribution in [0.15, 0.2) is 18.2 Å². The van der Waals surface area contributed by atoms with Gasteiger partial charge < -0.3 is 91.0 Å². The summed E-state index contributed by atoms with van der Waals surface area (Å²) in [4.78, 5) is 0. The fourth-order valence-corrected chi connectivity index (χ4v) is 0.541. The first kappa shape index (κ1) is 14.9. The molecule has 78 valence electrons. The third-order valence-electron chi connectivity index (χ3n) is 1.05. The Balaban J connectivity index is 0.000000205. The molecular weight excluding hydrogens is 225 g/mol. The van der Waals surface area contributed by atoms with E-state index in [1.54, 1.807) is 18.2 Å². The number of hydrogen-bond acceptors (Lipinski definition) is 0. The standard InChI is InChI=1S/3C5H.Sc/c3*1-2-4-5-3-1;/h3*1H;/q3*-5;+3. The van der Waals surface area contributed by atoms with E-state index in [1.165, 1.54) is 0 Å². The quantitative estimate of drug-likeness (QED) is 0.515. The Morgan fingerprint density at radius 3 is 0.625 bits per heavy atom. The molecule has 0 nitrogen and oxygen atoms in total. The minimum absolute atomic E-state index is 0. The molecule has 16 heavy (non-hydrogen) atoms. The molecule has 0 aliphatic rings. The molecule has 0 aliphatic carbocycles. The van der Waals surface area contributed by atoms with Crippen LogP contribution in [-0.2, 0) is 25.8 Å². The maximum atomic E-state index is 2.62. The van der Waals surface area contributed by atoms with Gasteiger partial charge in [-0.05, 0) is 0 Å². The molecule has 0 atom stereocenters. The van der Waals surface area contributed by atoms with Crippen LogP contribution in [0.25, 0.3) is 0 Å². The number of hydrogen-bond donors (Lipinski definition) is 0. The molecule has 0 bridgehead atoms. The zero-order valence-electron chi connectivity index (χ0n) is 8.31. The Morgan fingerprint density at radius 2 is 0.562 bits per heavy atom. The second kappa shape index (κ2) is 12.0. The predicted molar refractivity (Wildman–Crippen MR) is 52.1 cm³/mol. The summed E-state index contributed by atoms with van der Waals surface area (Å²) in [7, 11) is 0. The first-order valence-corrected chi connectivity index (χ1v) is 3.98. The summed E-state index contributed by atoms with van der Waals surface area (Å²) in [5.41, 5.74) is 0. The fraction of sp³-hybridized carbons (Fsp3) is 0. The molecule has 0 spiro atoms. The van der Waals surface area contributed by atoms with Crippen LogP contribution in [0.1, 0.15) is 0 Å². The Hall–Kier alpha value is -1.08. The van der Waals surface area contributed by atoms with Gasteiger partial charge in [0, 0.05) is 0 Å². The van der Waals surface area contributed by atoms with Crippen molar-refractivity contribution in [3.63, 3.8) is 0 Å². The van der Waals surface area contributed by atoms with Crippen molar-refractivity contribution in [2.24, 2.45) is 0 Å². The molecule has 0 radical (unpaired) electrons. The molecular formula is C15H3Sc-12. The van der Waals surface area contributed by atoms with E-state index in [2.05, 4.69) is 72.8 Å². The van der Waals surface area contributed by atoms with Crippen molar-refractivity contribution < 1.29 is 25.8 Å². The molecule has 0 amide bonds. The van der Waals surface area contributed by atoms with Gasteiger partial charge in [-0.2, -0.15) is 0 Å². The maximum absolute atomic E-state index is 2.62. The van der Waals surface area contributed by atoms with Crippen molar-refractivity contribution >= 4 is 0 Å². The van der Waals surface area contributed by atoms with Crippen LogP contribution in [0.4, 0.5) is 0 Å². The Labute approximate surface area is 116 Å². The van der Waals surface area contributed by atoms with Gasteiger partial charge in [0.1, 0.15) is 0 Å². The maximum Gasteiger partial charge on any atom is 3.00 e. The molecule has 1 heteroatoms. The van der Waals surface area contributed by atoms with E-state index in [4.69, 9.17) is 0 Å². The Kier molecular flexibility index (Phi) is 11.2. The van der Waals surface area contributed by atoms with Gasteiger partial charge in [0.25, 0.3) is 0 Å². The normalized spacial score (nSPS) is 7.50. The summed E-state index contributed by atoms with van der Waals surface area (Å²) in [5.74, 6) is 0. The van der Waals surface area contributed by atoms with Gasteiger partial charge in [0.2, 0.25) is 0 Å². The molecule has 0 N–H and O–H groups in total. The molecule has 0 saturated heterocycles. The first-order chi connectivity index (χ1) is 7.50. The average molecular weight is 228 g/mol. The van der Waals surface area contributed by atoms with E-state index in [1.807, 2.05) is 0 Å². The molecule has 0 aliphatic heterocycles. The van der Waals surface area contributed by atoms with Crippen molar-refractivity contribution in [1.82, 2.24) is 0 Å². The minimum Gasteiger partial charge on any atom is -0.999 e. The van der Waals surface area contributed by atoms with Crippen molar-refractivity contribution in [1.29, 1.82) is 0 Å². The van der Waals surface area contributed by atoms with Crippen LogP contribution < -0.4 is 0 Å². The Morgan fingerprint density at radius 1 is 0.375 bits per heavy atom. The molecule has 3 rings (SSSR count). The summed E-state index contributed by atoms with van der Waals surface area (Å²) in [5, 5.41) is 0. The zero-order valence-corrected chi connectivity index (χ0v) is 10.1. The van der Waals surface area contributed by atoms with Gasteiger partial charge in [-0.3, -0.25) is 0 Å². The monoisotopic (exact) mass is 228 g/mol. The Bertz CT molecular complexity index is 237. The van der Waals surface area contributed by atoms with Crippen LogP contribution in [-0.4, -0.2) is 0 Å². The van der Waals surface area contributed by atoms with Gasteiger partial charge in [0.15, 0.2) is 0 Å². The molecule has 0 fully saturated rings. The van der Waals surface area contributed by atoms with Crippen LogP contribution in [0.2, 0.25) is 0 Å². The third kappa shape index (κ3) is 9.47. The van der Waals surface area contributed by atoms with Crippen molar-refractivity contribution in [2.45, 2.75) is 0 Å². The SMILES string of the molecule is [Sc+3].[c-]1[c-][c-][cH-][c-]1.[c-]1[c-][c-][cH-][c-]1.[c-]1[c-][c-][cH-][c-]1. The van der Waals surface area contributed by atoms with Crippen molar-refractivity contribution in [3.8, 4) is 0 Å². The molecule has 0 heterocycles.